The minimum atomic E-state index is -3.57. The van der Waals surface area contributed by atoms with E-state index in [-0.39, 0.29) is 10.9 Å². The van der Waals surface area contributed by atoms with Crippen molar-refractivity contribution < 1.29 is 8.42 Å². The van der Waals surface area contributed by atoms with Gasteiger partial charge in [0.2, 0.25) is 10.0 Å². The van der Waals surface area contributed by atoms with Crippen LogP contribution in [0.2, 0.25) is 0 Å². The quantitative estimate of drug-likeness (QED) is 0.752. The number of nitrogens with zero attached hydrogens (tertiary/aromatic N) is 2. The lowest BCUT2D eigenvalue weighted by Gasteiger charge is -2.27. The number of rotatable bonds is 8. The topological polar surface area (TPSA) is 62.3 Å². The first kappa shape index (κ1) is 18.4. The summed E-state index contributed by atoms with van der Waals surface area (Å²) in [6, 6.07) is 1.57. The predicted molar refractivity (Wildman–Crippen MR) is 90.0 cm³/mol. The molecule has 0 amide bonds. The lowest BCUT2D eigenvalue weighted by Crippen LogP contribution is -2.38. The molecule has 1 unspecified atom stereocenters. The maximum atomic E-state index is 12.9. The molecule has 120 valence electrons. The lowest BCUT2D eigenvalue weighted by molar-refractivity contribution is 0.342. The normalized spacial score (nSPS) is 13.4. The molecular formula is C14H24BrN3O2S. The Morgan fingerprint density at radius 1 is 1.38 bits per heavy atom. The number of aromatic nitrogens is 1. The van der Waals surface area contributed by atoms with E-state index in [4.69, 9.17) is 0 Å². The third kappa shape index (κ3) is 4.40. The zero-order valence-electron chi connectivity index (χ0n) is 13.1. The molecule has 0 spiro atoms. The minimum Gasteiger partial charge on any atom is -0.369 e. The number of sulfonamides is 1. The molecule has 0 bridgehead atoms. The average molecular weight is 378 g/mol. The summed E-state index contributed by atoms with van der Waals surface area (Å²) in [7, 11) is -3.57. The summed E-state index contributed by atoms with van der Waals surface area (Å²) >= 11 is 3.31. The van der Waals surface area contributed by atoms with Crippen molar-refractivity contribution in [2.75, 3.05) is 18.4 Å². The molecule has 7 heteroatoms. The summed E-state index contributed by atoms with van der Waals surface area (Å²) in [6.45, 7) is 8.92. The van der Waals surface area contributed by atoms with E-state index in [1.807, 2.05) is 27.7 Å². The van der Waals surface area contributed by atoms with Crippen LogP contribution in [0.3, 0.4) is 0 Å². The standard InChI is InChI=1S/C14H24BrN3O2S/c1-5-8-16-14-13(9-12(15)10-17-14)21(19,20)18(7-3)11(4)6-2/h9-11H,5-8H2,1-4H3,(H,16,17). The van der Waals surface area contributed by atoms with Gasteiger partial charge in [-0.05, 0) is 41.8 Å². The largest absolute Gasteiger partial charge is 0.369 e. The molecule has 0 fully saturated rings. The van der Waals surface area contributed by atoms with Gasteiger partial charge in [0.1, 0.15) is 10.7 Å². The minimum absolute atomic E-state index is 0.0435. The molecule has 1 aromatic rings. The number of anilines is 1. The maximum absolute atomic E-state index is 12.9. The zero-order valence-corrected chi connectivity index (χ0v) is 15.5. The van der Waals surface area contributed by atoms with E-state index in [0.717, 1.165) is 12.8 Å². The van der Waals surface area contributed by atoms with Crippen molar-refractivity contribution in [2.24, 2.45) is 0 Å². The fourth-order valence-electron chi connectivity index (χ4n) is 2.04. The third-order valence-corrected chi connectivity index (χ3v) is 5.88. The van der Waals surface area contributed by atoms with Gasteiger partial charge in [0.25, 0.3) is 0 Å². The molecule has 1 N–H and O–H groups in total. The van der Waals surface area contributed by atoms with E-state index < -0.39 is 10.0 Å². The Bertz CT molecular complexity index is 563. The lowest BCUT2D eigenvalue weighted by atomic mass is 10.3. The number of halogens is 1. The first-order chi connectivity index (χ1) is 9.88. The SMILES string of the molecule is CCCNc1ncc(Br)cc1S(=O)(=O)N(CC)C(C)CC. The van der Waals surface area contributed by atoms with Gasteiger partial charge in [0, 0.05) is 29.8 Å². The van der Waals surface area contributed by atoms with Gasteiger partial charge in [-0.1, -0.05) is 20.8 Å². The van der Waals surface area contributed by atoms with Crippen molar-refractivity contribution in [1.29, 1.82) is 0 Å². The molecule has 1 atom stereocenters. The Kier molecular flexibility index (Phi) is 7.09. The van der Waals surface area contributed by atoms with Crippen LogP contribution in [0.4, 0.5) is 5.82 Å². The number of pyridine rings is 1. The van der Waals surface area contributed by atoms with Crippen LogP contribution in [-0.4, -0.2) is 36.8 Å². The Morgan fingerprint density at radius 2 is 2.05 bits per heavy atom. The number of hydrogen-bond donors (Lipinski definition) is 1. The molecule has 1 aromatic heterocycles. The smallest absolute Gasteiger partial charge is 0.247 e. The maximum Gasteiger partial charge on any atom is 0.247 e. The average Bonchev–Trinajstić information content (AvgIpc) is 2.46. The fraction of sp³-hybridized carbons (Fsp3) is 0.643. The van der Waals surface area contributed by atoms with Crippen LogP contribution in [0, 0.1) is 0 Å². The molecule has 1 heterocycles. The van der Waals surface area contributed by atoms with E-state index >= 15 is 0 Å². The molecule has 0 saturated heterocycles. The van der Waals surface area contributed by atoms with Crippen molar-refractivity contribution in [1.82, 2.24) is 9.29 Å². The van der Waals surface area contributed by atoms with Gasteiger partial charge in [-0.2, -0.15) is 4.31 Å². The Morgan fingerprint density at radius 3 is 2.57 bits per heavy atom. The first-order valence-corrected chi connectivity index (χ1v) is 9.52. The fourth-order valence-corrected chi connectivity index (χ4v) is 4.39. The van der Waals surface area contributed by atoms with Gasteiger partial charge < -0.3 is 5.32 Å². The molecular weight excluding hydrogens is 354 g/mol. The third-order valence-electron chi connectivity index (χ3n) is 3.34. The van der Waals surface area contributed by atoms with Crippen molar-refractivity contribution in [3.05, 3.63) is 16.7 Å². The summed E-state index contributed by atoms with van der Waals surface area (Å²) in [4.78, 5) is 4.45. The van der Waals surface area contributed by atoms with Crippen LogP contribution in [0.15, 0.2) is 21.6 Å². The number of hydrogen-bond acceptors (Lipinski definition) is 4. The van der Waals surface area contributed by atoms with E-state index in [9.17, 15) is 8.42 Å². The summed E-state index contributed by atoms with van der Waals surface area (Å²) < 4.78 is 28.0. The van der Waals surface area contributed by atoms with Crippen LogP contribution in [0.25, 0.3) is 0 Å². The Balaban J connectivity index is 3.31. The highest BCUT2D eigenvalue weighted by Gasteiger charge is 2.30. The second-order valence-electron chi connectivity index (χ2n) is 4.89. The van der Waals surface area contributed by atoms with Crippen LogP contribution in [0.5, 0.6) is 0 Å². The van der Waals surface area contributed by atoms with Crippen LogP contribution in [-0.2, 0) is 10.0 Å². The van der Waals surface area contributed by atoms with Crippen molar-refractivity contribution in [3.63, 3.8) is 0 Å². The van der Waals surface area contributed by atoms with E-state index in [1.165, 1.54) is 4.31 Å². The van der Waals surface area contributed by atoms with Gasteiger partial charge in [-0.3, -0.25) is 0 Å². The van der Waals surface area contributed by atoms with Crippen LogP contribution < -0.4 is 5.32 Å². The van der Waals surface area contributed by atoms with E-state index in [2.05, 4.69) is 26.2 Å². The highest BCUT2D eigenvalue weighted by Crippen LogP contribution is 2.27. The van der Waals surface area contributed by atoms with Gasteiger partial charge in [0.15, 0.2) is 0 Å². The predicted octanol–water partition coefficient (Wildman–Crippen LogP) is 3.48. The second-order valence-corrected chi connectivity index (χ2v) is 7.67. The van der Waals surface area contributed by atoms with Crippen molar-refractivity contribution in [3.8, 4) is 0 Å². The highest BCUT2D eigenvalue weighted by atomic mass is 79.9. The monoisotopic (exact) mass is 377 g/mol. The van der Waals surface area contributed by atoms with E-state index in [0.29, 0.717) is 23.4 Å². The summed E-state index contributed by atoms with van der Waals surface area (Å²) in [6.07, 6.45) is 3.28. The van der Waals surface area contributed by atoms with Gasteiger partial charge >= 0.3 is 0 Å². The molecule has 0 radical (unpaired) electrons. The summed E-state index contributed by atoms with van der Waals surface area (Å²) in [5.41, 5.74) is 0. The first-order valence-electron chi connectivity index (χ1n) is 7.29. The number of nitrogens with one attached hydrogen (secondary N) is 1. The highest BCUT2D eigenvalue weighted by molar-refractivity contribution is 9.10. The molecule has 21 heavy (non-hydrogen) atoms. The van der Waals surface area contributed by atoms with Crippen LogP contribution in [0.1, 0.15) is 40.5 Å². The van der Waals surface area contributed by atoms with Crippen molar-refractivity contribution in [2.45, 2.75) is 51.5 Å². The zero-order chi connectivity index (χ0) is 16.0. The Labute approximate surface area is 136 Å². The van der Waals surface area contributed by atoms with Gasteiger partial charge in [0.05, 0.1) is 0 Å². The molecule has 0 saturated carbocycles. The second kappa shape index (κ2) is 8.10. The van der Waals surface area contributed by atoms with E-state index in [1.54, 1.807) is 12.3 Å². The van der Waals surface area contributed by atoms with Crippen molar-refractivity contribution >= 4 is 31.8 Å². The molecule has 0 aromatic carbocycles. The molecule has 0 aliphatic rings. The van der Waals surface area contributed by atoms with Gasteiger partial charge in [-0.15, -0.1) is 0 Å². The molecule has 0 aliphatic heterocycles. The van der Waals surface area contributed by atoms with Crippen LogP contribution >= 0.6 is 15.9 Å². The summed E-state index contributed by atoms with van der Waals surface area (Å²) in [5, 5.41) is 3.09. The molecule has 1 rings (SSSR count). The molecule has 0 aliphatic carbocycles. The Hall–Kier alpha value is -0.660. The van der Waals surface area contributed by atoms with Gasteiger partial charge in [-0.25, -0.2) is 13.4 Å². The molecule has 5 nitrogen and oxygen atoms in total. The summed E-state index contributed by atoms with van der Waals surface area (Å²) in [5.74, 6) is 0.418.